The van der Waals surface area contributed by atoms with Crippen LogP contribution in [0.3, 0.4) is 0 Å². The van der Waals surface area contributed by atoms with E-state index >= 15 is 0 Å². The molecule has 1 aromatic carbocycles. The van der Waals surface area contributed by atoms with Gasteiger partial charge in [-0.05, 0) is 13.8 Å². The summed E-state index contributed by atoms with van der Waals surface area (Å²) in [5.74, 6) is 0. The molecule has 0 aromatic heterocycles. The van der Waals surface area contributed by atoms with Gasteiger partial charge in [0.05, 0.1) is 0 Å². The van der Waals surface area contributed by atoms with Crippen LogP contribution >= 0.6 is 0 Å². The Balaban J connectivity index is 2.27. The van der Waals surface area contributed by atoms with Gasteiger partial charge in [-0.2, -0.15) is 0 Å². The van der Waals surface area contributed by atoms with E-state index in [0.29, 0.717) is 6.61 Å². The zero-order valence-corrected chi connectivity index (χ0v) is 8.53. The van der Waals surface area contributed by atoms with E-state index in [1.165, 1.54) is 0 Å². The largest absolute Gasteiger partial charge is 0.566 e. The molecule has 0 amide bonds. The van der Waals surface area contributed by atoms with Gasteiger partial charge in [0.2, 0.25) is 0 Å². The van der Waals surface area contributed by atoms with E-state index in [-0.39, 0.29) is 5.54 Å². The lowest BCUT2D eigenvalue weighted by molar-refractivity contribution is 0.256. The minimum Gasteiger partial charge on any atom is -0.566 e. The molecule has 0 saturated carbocycles. The Bertz CT molecular complexity index is 328. The number of nitrogens with one attached hydrogen (secondary N) is 1. The van der Waals surface area contributed by atoms with Crippen molar-refractivity contribution >= 4 is 12.1 Å². The topological polar surface area (TPSA) is 41.5 Å². The molecule has 1 fully saturated rings. The minimum absolute atomic E-state index is 0.162. The summed E-state index contributed by atoms with van der Waals surface area (Å²) in [6, 6.07) is 9.45. The van der Waals surface area contributed by atoms with E-state index in [1.807, 2.05) is 44.2 Å². The third-order valence-corrected chi connectivity index (χ3v) is 2.52. The lowest BCUT2D eigenvalue weighted by Crippen LogP contribution is -2.62. The molecule has 0 aliphatic carbocycles. The van der Waals surface area contributed by atoms with Gasteiger partial charge in [0, 0.05) is 12.1 Å². The molecule has 0 radical (unpaired) electrons. The lowest BCUT2D eigenvalue weighted by atomic mass is 9.64. The van der Waals surface area contributed by atoms with E-state index in [1.54, 1.807) is 0 Å². The molecule has 0 bridgehead atoms. The van der Waals surface area contributed by atoms with Crippen LogP contribution in [0.2, 0.25) is 0 Å². The molecule has 1 aliphatic heterocycles. The molecule has 1 saturated heterocycles. The van der Waals surface area contributed by atoms with Crippen molar-refractivity contribution in [3.8, 4) is 0 Å². The third-order valence-electron chi connectivity index (χ3n) is 2.52. The summed E-state index contributed by atoms with van der Waals surface area (Å²) in [6.07, 6.45) is 0. The van der Waals surface area contributed by atoms with Crippen LogP contribution in [-0.2, 0) is 4.65 Å². The fraction of sp³-hybridized carbons (Fsp3) is 0.400. The van der Waals surface area contributed by atoms with Crippen LogP contribution < -0.4 is 10.7 Å². The molecule has 1 aliphatic rings. The van der Waals surface area contributed by atoms with Gasteiger partial charge in [-0.25, -0.2) is 0 Å². The fourth-order valence-electron chi connectivity index (χ4n) is 1.84. The SMILES string of the molecule is CC1(C)CO[B-](O)(c2ccccc2)N1. The van der Waals surface area contributed by atoms with E-state index in [4.69, 9.17) is 4.65 Å². The summed E-state index contributed by atoms with van der Waals surface area (Å²) in [5.41, 5.74) is 0.642. The molecular weight excluding hydrogens is 177 g/mol. The van der Waals surface area contributed by atoms with Gasteiger partial charge in [-0.3, -0.25) is 0 Å². The Kier molecular flexibility index (Phi) is 2.14. The molecule has 14 heavy (non-hydrogen) atoms. The Morgan fingerprint density at radius 3 is 2.50 bits per heavy atom. The van der Waals surface area contributed by atoms with Crippen molar-refractivity contribution in [3.05, 3.63) is 30.3 Å². The molecule has 76 valence electrons. The summed E-state index contributed by atoms with van der Waals surface area (Å²) in [6.45, 7) is 2.53. The van der Waals surface area contributed by atoms with Gasteiger partial charge < -0.3 is 14.9 Å². The monoisotopic (exact) mass is 192 g/mol. The molecule has 2 N–H and O–H groups in total. The first-order valence-electron chi connectivity index (χ1n) is 4.87. The maximum absolute atomic E-state index is 10.2. The number of benzene rings is 1. The molecule has 2 rings (SSSR count). The Morgan fingerprint density at radius 2 is 2.00 bits per heavy atom. The second-order valence-electron chi connectivity index (χ2n) is 4.49. The van der Waals surface area contributed by atoms with Crippen LogP contribution in [0, 0.1) is 0 Å². The summed E-state index contributed by atoms with van der Waals surface area (Å²) < 4.78 is 5.45. The molecule has 1 aromatic rings. The Hall–Kier alpha value is -0.835. The van der Waals surface area contributed by atoms with Crippen molar-refractivity contribution in [2.24, 2.45) is 0 Å². The Labute approximate surface area is 84.1 Å². The van der Waals surface area contributed by atoms with E-state index in [2.05, 4.69) is 5.23 Å². The lowest BCUT2D eigenvalue weighted by Gasteiger charge is -2.32. The van der Waals surface area contributed by atoms with Gasteiger partial charge in [0.1, 0.15) is 0 Å². The van der Waals surface area contributed by atoms with Gasteiger partial charge in [-0.15, -0.1) is 5.46 Å². The standard InChI is InChI=1S/C10H15BNO2/c1-10(2)8-14-11(13,12-10)9-6-4-3-5-7-9/h3-7,12-13H,8H2,1-2H3/q-1. The van der Waals surface area contributed by atoms with Crippen LogP contribution in [0.1, 0.15) is 13.8 Å². The number of rotatable bonds is 1. The van der Waals surface area contributed by atoms with Crippen LogP contribution in [-0.4, -0.2) is 23.9 Å². The average Bonchev–Trinajstić information content (AvgIpc) is 2.44. The summed E-state index contributed by atoms with van der Waals surface area (Å²) in [5, 5.41) is 13.3. The molecule has 0 spiro atoms. The zero-order valence-electron chi connectivity index (χ0n) is 8.53. The fourth-order valence-corrected chi connectivity index (χ4v) is 1.84. The van der Waals surface area contributed by atoms with E-state index in [0.717, 1.165) is 5.46 Å². The first-order valence-corrected chi connectivity index (χ1v) is 4.87. The van der Waals surface area contributed by atoms with Crippen molar-refractivity contribution in [1.29, 1.82) is 0 Å². The highest BCUT2D eigenvalue weighted by Crippen LogP contribution is 2.17. The van der Waals surface area contributed by atoms with Gasteiger partial charge in [0.15, 0.2) is 0 Å². The van der Waals surface area contributed by atoms with Gasteiger partial charge >= 0.3 is 6.69 Å². The molecule has 1 atom stereocenters. The highest BCUT2D eigenvalue weighted by Gasteiger charge is 2.38. The molecule has 4 heteroatoms. The summed E-state index contributed by atoms with van der Waals surface area (Å²) in [7, 11) is 0. The van der Waals surface area contributed by atoms with Crippen molar-refractivity contribution in [3.63, 3.8) is 0 Å². The average molecular weight is 192 g/mol. The van der Waals surface area contributed by atoms with Crippen LogP contribution in [0.5, 0.6) is 0 Å². The second-order valence-corrected chi connectivity index (χ2v) is 4.49. The van der Waals surface area contributed by atoms with Gasteiger partial charge in [0.25, 0.3) is 0 Å². The van der Waals surface area contributed by atoms with Crippen molar-refractivity contribution in [1.82, 2.24) is 5.23 Å². The van der Waals surface area contributed by atoms with Crippen LogP contribution in [0.15, 0.2) is 30.3 Å². The van der Waals surface area contributed by atoms with Crippen LogP contribution in [0.25, 0.3) is 0 Å². The highest BCUT2D eigenvalue weighted by molar-refractivity contribution is 6.78. The van der Waals surface area contributed by atoms with Crippen molar-refractivity contribution < 1.29 is 9.68 Å². The van der Waals surface area contributed by atoms with E-state index in [9.17, 15) is 5.02 Å². The summed E-state index contributed by atoms with van der Waals surface area (Å²) in [4.78, 5) is 0. The molecule has 1 heterocycles. The predicted molar refractivity (Wildman–Crippen MR) is 57.2 cm³/mol. The first-order chi connectivity index (χ1) is 6.52. The number of hydrogen-bond acceptors (Lipinski definition) is 3. The third kappa shape index (κ3) is 1.69. The van der Waals surface area contributed by atoms with Crippen molar-refractivity contribution in [2.75, 3.05) is 6.61 Å². The second kappa shape index (κ2) is 3.09. The van der Waals surface area contributed by atoms with E-state index < -0.39 is 6.69 Å². The molecule has 3 nitrogen and oxygen atoms in total. The molecule has 1 unspecified atom stereocenters. The molecular formula is C10H15BNO2-. The smallest absolute Gasteiger partial charge is 0.343 e. The first kappa shape index (κ1) is 9.71. The normalized spacial score (nSPS) is 30.5. The summed E-state index contributed by atoms with van der Waals surface area (Å²) >= 11 is 0. The van der Waals surface area contributed by atoms with Gasteiger partial charge in [-0.1, -0.05) is 30.3 Å². The highest BCUT2D eigenvalue weighted by atomic mass is 16.6. The maximum atomic E-state index is 10.2. The number of hydrogen-bond donors (Lipinski definition) is 2. The Morgan fingerprint density at radius 1 is 1.36 bits per heavy atom. The predicted octanol–water partition coefficient (Wildman–Crippen LogP) is 0.223. The van der Waals surface area contributed by atoms with Crippen molar-refractivity contribution in [2.45, 2.75) is 19.4 Å². The minimum atomic E-state index is -2.01. The zero-order chi connectivity index (χ0) is 10.2. The maximum Gasteiger partial charge on any atom is 0.343 e. The quantitative estimate of drug-likeness (QED) is 0.625. The van der Waals surface area contributed by atoms with Crippen LogP contribution in [0.4, 0.5) is 0 Å².